The largest absolute Gasteiger partial charge is 0.433 e. The van der Waals surface area contributed by atoms with Crippen LogP contribution >= 0.6 is 0 Å². The molecule has 0 fully saturated rings. The second-order valence-corrected chi connectivity index (χ2v) is 7.06. The third-order valence-corrected chi connectivity index (χ3v) is 4.84. The zero-order chi connectivity index (χ0) is 24.1. The summed E-state index contributed by atoms with van der Waals surface area (Å²) in [6, 6.07) is 9.20. The van der Waals surface area contributed by atoms with Crippen LogP contribution in [0.4, 0.5) is 30.7 Å². The Balaban J connectivity index is 1.84. The first-order chi connectivity index (χ1) is 15.4. The number of hydrogen-bond donors (Lipinski definition) is 1. The molecule has 0 bridgehead atoms. The van der Waals surface area contributed by atoms with Gasteiger partial charge in [-0.1, -0.05) is 30.3 Å². The van der Waals surface area contributed by atoms with Gasteiger partial charge in [0.05, 0.1) is 5.69 Å². The summed E-state index contributed by atoms with van der Waals surface area (Å²) in [5.74, 6) is -1.60. The third-order valence-electron chi connectivity index (χ3n) is 4.84. The predicted octanol–water partition coefficient (Wildman–Crippen LogP) is 3.84. The summed E-state index contributed by atoms with van der Waals surface area (Å²) in [6.45, 7) is 0. The zero-order valence-corrected chi connectivity index (χ0v) is 16.1. The molecule has 1 amide bonds. The standard InChI is InChI=1S/C19H12F7N5O2/c20-15(21)12-8-18(33,17(22)23)31(29-12)16(32)11-7-14-27-10(9-4-2-1-3-5-9)6-13(19(24,25)26)30(14)28-11/h1-7,15,17,33H,8H2. The highest BCUT2D eigenvalue weighted by Gasteiger charge is 2.54. The van der Waals surface area contributed by atoms with E-state index in [0.29, 0.717) is 11.6 Å². The van der Waals surface area contributed by atoms with Crippen LogP contribution in [0.25, 0.3) is 16.9 Å². The fourth-order valence-corrected chi connectivity index (χ4v) is 3.25. The molecule has 0 spiro atoms. The van der Waals surface area contributed by atoms with Crippen LogP contribution in [-0.4, -0.2) is 54.9 Å². The molecular formula is C19H12F7N5O2. The lowest BCUT2D eigenvalue weighted by Crippen LogP contribution is -2.51. The summed E-state index contributed by atoms with van der Waals surface area (Å²) in [5.41, 5.74) is -7.05. The molecule has 33 heavy (non-hydrogen) atoms. The smallest absolute Gasteiger partial charge is 0.364 e. The number of alkyl halides is 7. The summed E-state index contributed by atoms with van der Waals surface area (Å²) >= 11 is 0. The quantitative estimate of drug-likeness (QED) is 0.582. The molecule has 2 aromatic heterocycles. The van der Waals surface area contributed by atoms with E-state index in [0.717, 1.165) is 6.07 Å². The second-order valence-electron chi connectivity index (χ2n) is 7.06. The molecule has 1 atom stereocenters. The molecule has 1 aromatic carbocycles. The van der Waals surface area contributed by atoms with Gasteiger partial charge in [0.1, 0.15) is 5.71 Å². The third kappa shape index (κ3) is 3.90. The van der Waals surface area contributed by atoms with E-state index in [9.17, 15) is 40.6 Å². The van der Waals surface area contributed by atoms with Crippen molar-refractivity contribution in [3.63, 3.8) is 0 Å². The number of hydrogen-bond acceptors (Lipinski definition) is 5. The Morgan fingerprint density at radius 1 is 1.09 bits per heavy atom. The lowest BCUT2D eigenvalue weighted by atomic mass is 10.1. The minimum Gasteiger partial charge on any atom is -0.364 e. The molecular weight excluding hydrogens is 463 g/mol. The Kier molecular flexibility index (Phi) is 5.35. The first kappa shape index (κ1) is 22.6. The fraction of sp³-hybridized carbons (Fsp3) is 0.263. The molecule has 0 saturated carbocycles. The van der Waals surface area contributed by atoms with Crippen molar-refractivity contribution in [2.45, 2.75) is 31.2 Å². The average Bonchev–Trinajstić information content (AvgIpc) is 3.34. The highest BCUT2D eigenvalue weighted by atomic mass is 19.4. The number of aromatic nitrogens is 3. The van der Waals surface area contributed by atoms with Gasteiger partial charge in [-0.2, -0.15) is 28.4 Å². The predicted molar refractivity (Wildman–Crippen MR) is 98.6 cm³/mol. The van der Waals surface area contributed by atoms with E-state index in [2.05, 4.69) is 15.2 Å². The number of rotatable bonds is 4. The van der Waals surface area contributed by atoms with E-state index in [1.54, 1.807) is 18.2 Å². The van der Waals surface area contributed by atoms with Crippen molar-refractivity contribution in [1.29, 1.82) is 0 Å². The number of hydrazone groups is 1. The highest BCUT2D eigenvalue weighted by Crippen LogP contribution is 2.35. The van der Waals surface area contributed by atoms with Gasteiger partial charge in [0.15, 0.2) is 17.0 Å². The maximum absolute atomic E-state index is 13.7. The Morgan fingerprint density at radius 3 is 2.33 bits per heavy atom. The van der Waals surface area contributed by atoms with Crippen molar-refractivity contribution < 1.29 is 40.6 Å². The topological polar surface area (TPSA) is 83.1 Å². The first-order valence-electron chi connectivity index (χ1n) is 9.16. The number of aliphatic hydroxyl groups is 1. The van der Waals surface area contributed by atoms with Gasteiger partial charge in [0.25, 0.3) is 18.8 Å². The summed E-state index contributed by atoms with van der Waals surface area (Å²) < 4.78 is 94.0. The first-order valence-corrected chi connectivity index (χ1v) is 9.16. The van der Waals surface area contributed by atoms with Crippen LogP contribution in [0, 0.1) is 0 Å². The van der Waals surface area contributed by atoms with Crippen LogP contribution in [0.15, 0.2) is 47.6 Å². The average molecular weight is 475 g/mol. The van der Waals surface area contributed by atoms with Gasteiger partial charge < -0.3 is 5.11 Å². The van der Waals surface area contributed by atoms with E-state index < -0.39 is 59.8 Å². The van der Waals surface area contributed by atoms with Crippen LogP contribution in [0.3, 0.4) is 0 Å². The number of fused-ring (bicyclic) bond motifs is 1. The van der Waals surface area contributed by atoms with Gasteiger partial charge >= 0.3 is 6.18 Å². The molecule has 14 heteroatoms. The van der Waals surface area contributed by atoms with E-state index in [-0.39, 0.29) is 15.2 Å². The normalized spacial score (nSPS) is 19.1. The van der Waals surface area contributed by atoms with Crippen molar-refractivity contribution in [3.8, 4) is 11.3 Å². The summed E-state index contributed by atoms with van der Waals surface area (Å²) in [7, 11) is 0. The molecule has 3 heterocycles. The lowest BCUT2D eigenvalue weighted by Gasteiger charge is -2.29. The SMILES string of the molecule is O=C(c1cc2nc(-c3ccccc3)cc(C(F)(F)F)n2n1)N1N=C(C(F)F)CC1(O)C(F)F. The summed E-state index contributed by atoms with van der Waals surface area (Å²) in [6.07, 6.45) is -13.3. The van der Waals surface area contributed by atoms with Crippen LogP contribution in [0.1, 0.15) is 22.6 Å². The molecule has 1 aliphatic heterocycles. The highest BCUT2D eigenvalue weighted by molar-refractivity contribution is 5.98. The van der Waals surface area contributed by atoms with Crippen molar-refractivity contribution in [1.82, 2.24) is 19.6 Å². The van der Waals surface area contributed by atoms with Crippen molar-refractivity contribution >= 4 is 17.3 Å². The lowest BCUT2D eigenvalue weighted by molar-refractivity contribution is -0.164. The van der Waals surface area contributed by atoms with Gasteiger partial charge in [-0.3, -0.25) is 4.79 Å². The molecule has 7 nitrogen and oxygen atoms in total. The number of carbonyl (C=O) groups is 1. The van der Waals surface area contributed by atoms with Crippen molar-refractivity contribution in [2.24, 2.45) is 5.10 Å². The van der Waals surface area contributed by atoms with E-state index in [1.165, 1.54) is 12.1 Å². The number of nitrogens with zero attached hydrogens (tertiary/aromatic N) is 5. The minimum absolute atomic E-state index is 0.113. The van der Waals surface area contributed by atoms with E-state index >= 15 is 0 Å². The molecule has 1 N–H and O–H groups in total. The van der Waals surface area contributed by atoms with E-state index in [4.69, 9.17) is 0 Å². The second kappa shape index (κ2) is 7.79. The van der Waals surface area contributed by atoms with Gasteiger partial charge in [-0.05, 0) is 6.07 Å². The zero-order valence-electron chi connectivity index (χ0n) is 16.1. The van der Waals surface area contributed by atoms with Gasteiger partial charge in [-0.15, -0.1) is 0 Å². The van der Waals surface area contributed by atoms with Crippen LogP contribution in [-0.2, 0) is 6.18 Å². The van der Waals surface area contributed by atoms with E-state index in [1.807, 2.05) is 0 Å². The summed E-state index contributed by atoms with van der Waals surface area (Å²) in [5, 5.41) is 16.4. The Hall–Kier alpha value is -3.55. The number of amides is 1. The molecule has 0 saturated heterocycles. The molecule has 3 aromatic rings. The maximum atomic E-state index is 13.7. The van der Waals surface area contributed by atoms with Gasteiger partial charge in [-0.25, -0.2) is 27.1 Å². The van der Waals surface area contributed by atoms with Gasteiger partial charge in [0, 0.05) is 18.1 Å². The molecule has 4 rings (SSSR count). The molecule has 174 valence electrons. The van der Waals surface area contributed by atoms with Gasteiger partial charge in [0.2, 0.25) is 5.72 Å². The number of benzene rings is 1. The molecule has 1 unspecified atom stereocenters. The number of halogens is 7. The van der Waals surface area contributed by atoms with Crippen molar-refractivity contribution in [3.05, 3.63) is 53.9 Å². The minimum atomic E-state index is -4.95. The monoisotopic (exact) mass is 475 g/mol. The Bertz CT molecular complexity index is 1240. The van der Waals surface area contributed by atoms with Crippen LogP contribution in [0.2, 0.25) is 0 Å². The van der Waals surface area contributed by atoms with Crippen molar-refractivity contribution in [2.75, 3.05) is 0 Å². The van der Waals surface area contributed by atoms with Crippen LogP contribution in [0.5, 0.6) is 0 Å². The Morgan fingerprint density at radius 2 is 1.76 bits per heavy atom. The van der Waals surface area contributed by atoms with Crippen LogP contribution < -0.4 is 0 Å². The molecule has 0 aliphatic carbocycles. The summed E-state index contributed by atoms with van der Waals surface area (Å²) in [4.78, 5) is 16.7. The number of carbonyl (C=O) groups excluding carboxylic acids is 1. The maximum Gasteiger partial charge on any atom is 0.433 e. The Labute approximate surface area is 179 Å². The fourth-order valence-electron chi connectivity index (χ4n) is 3.25. The molecule has 1 aliphatic rings. The molecule has 0 radical (unpaired) electrons.